The number of rotatable bonds is 2. The molecule has 0 bridgehead atoms. The third-order valence-electron chi connectivity index (χ3n) is 2.40. The van der Waals surface area contributed by atoms with Gasteiger partial charge < -0.3 is 10.1 Å². The molecule has 0 fully saturated rings. The fourth-order valence-electron chi connectivity index (χ4n) is 1.57. The Hall–Kier alpha value is -1.55. The average molecular weight is 280 g/mol. The molecule has 0 unspecified atom stereocenters. The maximum Gasteiger partial charge on any atom is 0.337 e. The molecular formula is C12H10BrNO2. The van der Waals surface area contributed by atoms with Crippen LogP contribution in [0.4, 0.5) is 0 Å². The second kappa shape index (κ2) is 4.14. The number of H-pyrrole nitrogens is 1. The molecule has 2 N–H and O–H groups in total. The van der Waals surface area contributed by atoms with Gasteiger partial charge in [0, 0.05) is 15.9 Å². The molecule has 4 heteroatoms. The molecule has 16 heavy (non-hydrogen) atoms. The fraction of sp³-hybridized carbons (Fsp3) is 0.0833. The molecule has 0 aliphatic rings. The van der Waals surface area contributed by atoms with Gasteiger partial charge in [0.15, 0.2) is 0 Å². The molecular weight excluding hydrogens is 270 g/mol. The first kappa shape index (κ1) is 11.0. The highest BCUT2D eigenvalue weighted by atomic mass is 79.9. The van der Waals surface area contributed by atoms with Crippen LogP contribution in [0.5, 0.6) is 0 Å². The van der Waals surface area contributed by atoms with Crippen LogP contribution in [0.2, 0.25) is 0 Å². The third-order valence-corrected chi connectivity index (χ3v) is 2.93. The molecule has 0 radical (unpaired) electrons. The Morgan fingerprint density at radius 2 is 1.94 bits per heavy atom. The second-order valence-corrected chi connectivity index (χ2v) is 4.45. The number of benzene rings is 1. The summed E-state index contributed by atoms with van der Waals surface area (Å²) in [5.74, 6) is -0.905. The minimum absolute atomic E-state index is 0.318. The van der Waals surface area contributed by atoms with E-state index in [0.717, 1.165) is 15.7 Å². The average Bonchev–Trinajstić information content (AvgIpc) is 2.61. The van der Waals surface area contributed by atoms with E-state index in [1.807, 2.05) is 24.3 Å². The molecule has 3 nitrogen and oxygen atoms in total. The second-order valence-electron chi connectivity index (χ2n) is 3.53. The van der Waals surface area contributed by atoms with Gasteiger partial charge in [0.05, 0.1) is 5.56 Å². The van der Waals surface area contributed by atoms with Crippen LogP contribution in [0.15, 0.2) is 34.8 Å². The smallest absolute Gasteiger partial charge is 0.337 e. The minimum atomic E-state index is -0.905. The molecule has 0 aliphatic carbocycles. The highest BCUT2D eigenvalue weighted by Crippen LogP contribution is 2.23. The molecule has 2 aromatic rings. The minimum Gasteiger partial charge on any atom is -0.478 e. The highest BCUT2D eigenvalue weighted by molar-refractivity contribution is 9.10. The Morgan fingerprint density at radius 3 is 2.44 bits per heavy atom. The lowest BCUT2D eigenvalue weighted by molar-refractivity contribution is 0.0696. The number of aromatic amines is 1. The van der Waals surface area contributed by atoms with Gasteiger partial charge in [-0.2, -0.15) is 0 Å². The molecule has 0 aliphatic heterocycles. The van der Waals surface area contributed by atoms with Crippen molar-refractivity contribution >= 4 is 21.9 Å². The molecule has 0 saturated carbocycles. The predicted octanol–water partition coefficient (Wildman–Crippen LogP) is 3.45. The van der Waals surface area contributed by atoms with Gasteiger partial charge in [0.2, 0.25) is 0 Å². The topological polar surface area (TPSA) is 53.1 Å². The summed E-state index contributed by atoms with van der Waals surface area (Å²) in [5, 5.41) is 8.94. The fourth-order valence-corrected chi connectivity index (χ4v) is 1.83. The van der Waals surface area contributed by atoms with Crippen molar-refractivity contribution in [3.05, 3.63) is 46.1 Å². The molecule has 2 rings (SSSR count). The van der Waals surface area contributed by atoms with Crippen LogP contribution < -0.4 is 0 Å². The van der Waals surface area contributed by atoms with Crippen LogP contribution in [0.25, 0.3) is 11.3 Å². The molecule has 0 spiro atoms. The number of aryl methyl sites for hydroxylation is 1. The monoisotopic (exact) mass is 279 g/mol. The SMILES string of the molecule is Cc1[nH]c(-c2ccc(Br)cc2)cc1C(=O)O. The highest BCUT2D eigenvalue weighted by Gasteiger charge is 2.11. The number of carbonyl (C=O) groups is 1. The molecule has 0 atom stereocenters. The van der Waals surface area contributed by atoms with Gasteiger partial charge >= 0.3 is 5.97 Å². The van der Waals surface area contributed by atoms with Gasteiger partial charge in [-0.25, -0.2) is 4.79 Å². The lowest BCUT2D eigenvalue weighted by Crippen LogP contribution is -1.95. The van der Waals surface area contributed by atoms with Gasteiger partial charge in [-0.15, -0.1) is 0 Å². The Balaban J connectivity index is 2.45. The molecule has 82 valence electrons. The first-order chi connectivity index (χ1) is 7.58. The Bertz CT molecular complexity index is 528. The van der Waals surface area contributed by atoms with E-state index >= 15 is 0 Å². The van der Waals surface area contributed by atoms with Crippen molar-refractivity contribution in [2.24, 2.45) is 0 Å². The van der Waals surface area contributed by atoms with Crippen molar-refractivity contribution < 1.29 is 9.90 Å². The normalized spacial score (nSPS) is 10.4. The molecule has 1 aromatic heterocycles. The van der Waals surface area contributed by atoms with E-state index < -0.39 is 5.97 Å². The van der Waals surface area contributed by atoms with Gasteiger partial charge in [-0.1, -0.05) is 28.1 Å². The zero-order valence-corrected chi connectivity index (χ0v) is 10.2. The Kier molecular flexibility index (Phi) is 2.83. The van der Waals surface area contributed by atoms with Crippen molar-refractivity contribution in [3.8, 4) is 11.3 Å². The number of hydrogen-bond acceptors (Lipinski definition) is 1. The summed E-state index contributed by atoms with van der Waals surface area (Å²) in [6.45, 7) is 1.76. The quantitative estimate of drug-likeness (QED) is 0.885. The maximum atomic E-state index is 10.9. The molecule has 0 amide bonds. The molecule has 1 heterocycles. The van der Waals surface area contributed by atoms with Gasteiger partial charge in [0.1, 0.15) is 0 Å². The number of carboxylic acid groups (broad SMARTS) is 1. The first-order valence-corrected chi connectivity index (χ1v) is 5.56. The largest absolute Gasteiger partial charge is 0.478 e. The first-order valence-electron chi connectivity index (χ1n) is 4.77. The Morgan fingerprint density at radius 1 is 1.31 bits per heavy atom. The van der Waals surface area contributed by atoms with Crippen LogP contribution in [0.1, 0.15) is 16.1 Å². The number of halogens is 1. The van der Waals surface area contributed by atoms with Crippen molar-refractivity contribution in [1.82, 2.24) is 4.98 Å². The van der Waals surface area contributed by atoms with Crippen LogP contribution >= 0.6 is 15.9 Å². The summed E-state index contributed by atoms with van der Waals surface area (Å²) < 4.78 is 0.998. The van der Waals surface area contributed by atoms with Crippen LogP contribution in [0, 0.1) is 6.92 Å². The zero-order chi connectivity index (χ0) is 11.7. The lowest BCUT2D eigenvalue weighted by Gasteiger charge is -1.97. The summed E-state index contributed by atoms with van der Waals surface area (Å²) in [7, 11) is 0. The van der Waals surface area contributed by atoms with E-state index in [4.69, 9.17) is 5.11 Å². The lowest BCUT2D eigenvalue weighted by atomic mass is 10.1. The van der Waals surface area contributed by atoms with Crippen molar-refractivity contribution in [1.29, 1.82) is 0 Å². The van der Waals surface area contributed by atoms with Gasteiger partial charge in [-0.05, 0) is 30.7 Å². The standard InChI is InChI=1S/C12H10BrNO2/c1-7-10(12(15)16)6-11(14-7)8-2-4-9(13)5-3-8/h2-6,14H,1H3,(H,15,16). The summed E-state index contributed by atoms with van der Waals surface area (Å²) >= 11 is 3.36. The van der Waals surface area contributed by atoms with E-state index in [1.54, 1.807) is 13.0 Å². The van der Waals surface area contributed by atoms with E-state index in [2.05, 4.69) is 20.9 Å². The zero-order valence-electron chi connectivity index (χ0n) is 8.62. The van der Waals surface area contributed by atoms with Crippen molar-refractivity contribution in [3.63, 3.8) is 0 Å². The number of nitrogens with one attached hydrogen (secondary N) is 1. The number of aromatic carboxylic acids is 1. The van der Waals surface area contributed by atoms with E-state index in [9.17, 15) is 4.79 Å². The number of hydrogen-bond donors (Lipinski definition) is 2. The molecule has 0 saturated heterocycles. The van der Waals surface area contributed by atoms with Gasteiger partial charge in [0.25, 0.3) is 0 Å². The molecule has 1 aromatic carbocycles. The van der Waals surface area contributed by atoms with Crippen LogP contribution in [-0.2, 0) is 0 Å². The van der Waals surface area contributed by atoms with Crippen LogP contribution in [0.3, 0.4) is 0 Å². The maximum absolute atomic E-state index is 10.9. The van der Waals surface area contributed by atoms with E-state index in [0.29, 0.717) is 11.3 Å². The van der Waals surface area contributed by atoms with Crippen molar-refractivity contribution in [2.45, 2.75) is 6.92 Å². The summed E-state index contributed by atoms with van der Waals surface area (Å²) in [6, 6.07) is 9.36. The van der Waals surface area contributed by atoms with Gasteiger partial charge in [-0.3, -0.25) is 0 Å². The number of carboxylic acids is 1. The Labute approximate surface area is 101 Å². The van der Waals surface area contributed by atoms with Crippen molar-refractivity contribution in [2.75, 3.05) is 0 Å². The number of aromatic nitrogens is 1. The predicted molar refractivity (Wildman–Crippen MR) is 65.6 cm³/mol. The van der Waals surface area contributed by atoms with E-state index in [1.165, 1.54) is 0 Å². The summed E-state index contributed by atoms with van der Waals surface area (Å²) in [6.07, 6.45) is 0. The van der Waals surface area contributed by atoms with E-state index in [-0.39, 0.29) is 0 Å². The van der Waals surface area contributed by atoms with Crippen LogP contribution in [-0.4, -0.2) is 16.1 Å². The third kappa shape index (κ3) is 2.02. The summed E-state index contributed by atoms with van der Waals surface area (Å²) in [4.78, 5) is 14.0. The summed E-state index contributed by atoms with van der Waals surface area (Å²) in [5.41, 5.74) is 2.78.